The average molecular weight is 256 g/mol. The van der Waals surface area contributed by atoms with Crippen molar-refractivity contribution in [3.8, 4) is 5.75 Å². The molecule has 0 radical (unpaired) electrons. The van der Waals surface area contributed by atoms with Crippen molar-refractivity contribution in [1.82, 2.24) is 0 Å². The number of benzene rings is 2. The predicted molar refractivity (Wildman–Crippen MR) is 77.4 cm³/mol. The smallest absolute Gasteiger partial charge is 0.126 e. The SMILES string of the molecule is Cc1ccc(OC(C)C(O)c2ccccc2)cc1C. The molecule has 2 atom stereocenters. The van der Waals surface area contributed by atoms with Crippen molar-refractivity contribution in [3.63, 3.8) is 0 Å². The molecule has 1 N–H and O–H groups in total. The summed E-state index contributed by atoms with van der Waals surface area (Å²) in [5.74, 6) is 0.797. The Morgan fingerprint density at radius 2 is 1.63 bits per heavy atom. The average Bonchev–Trinajstić information content (AvgIpc) is 2.43. The molecule has 2 unspecified atom stereocenters. The lowest BCUT2D eigenvalue weighted by atomic mass is 10.1. The van der Waals surface area contributed by atoms with Crippen LogP contribution in [0, 0.1) is 13.8 Å². The molecular formula is C17H20O2. The third-order valence-corrected chi connectivity index (χ3v) is 3.39. The highest BCUT2D eigenvalue weighted by atomic mass is 16.5. The number of aliphatic hydroxyl groups is 1. The Kier molecular flexibility index (Phi) is 4.23. The molecule has 2 rings (SSSR count). The molecule has 0 saturated carbocycles. The van der Waals surface area contributed by atoms with Gasteiger partial charge in [0.2, 0.25) is 0 Å². The van der Waals surface area contributed by atoms with E-state index in [0.717, 1.165) is 11.3 Å². The predicted octanol–water partition coefficient (Wildman–Crippen LogP) is 3.80. The molecule has 0 amide bonds. The Balaban J connectivity index is 2.08. The molecule has 0 saturated heterocycles. The fourth-order valence-electron chi connectivity index (χ4n) is 1.99. The van der Waals surface area contributed by atoms with Gasteiger partial charge in [0.05, 0.1) is 0 Å². The number of rotatable bonds is 4. The zero-order valence-corrected chi connectivity index (χ0v) is 11.6. The van der Waals surface area contributed by atoms with Crippen molar-refractivity contribution in [3.05, 3.63) is 65.2 Å². The topological polar surface area (TPSA) is 29.5 Å². The van der Waals surface area contributed by atoms with Crippen molar-refractivity contribution >= 4 is 0 Å². The van der Waals surface area contributed by atoms with E-state index in [1.165, 1.54) is 11.1 Å². The van der Waals surface area contributed by atoms with Crippen molar-refractivity contribution in [2.24, 2.45) is 0 Å². The molecule has 0 aromatic heterocycles. The lowest BCUT2D eigenvalue weighted by molar-refractivity contribution is 0.0467. The molecule has 0 aliphatic carbocycles. The zero-order valence-electron chi connectivity index (χ0n) is 11.6. The van der Waals surface area contributed by atoms with E-state index in [9.17, 15) is 5.11 Å². The molecule has 0 aliphatic rings. The Morgan fingerprint density at radius 3 is 2.26 bits per heavy atom. The molecule has 0 spiro atoms. The fraction of sp³-hybridized carbons (Fsp3) is 0.294. The first kappa shape index (κ1) is 13.6. The number of aryl methyl sites for hydroxylation is 2. The van der Waals surface area contributed by atoms with Gasteiger partial charge in [-0.05, 0) is 49.6 Å². The summed E-state index contributed by atoms with van der Waals surface area (Å²) >= 11 is 0. The minimum atomic E-state index is -0.622. The lowest BCUT2D eigenvalue weighted by Gasteiger charge is -2.21. The lowest BCUT2D eigenvalue weighted by Crippen LogP contribution is -2.21. The molecule has 2 heteroatoms. The number of hydrogen-bond donors (Lipinski definition) is 1. The summed E-state index contributed by atoms with van der Waals surface area (Å²) in [6.45, 7) is 6.01. The second-order valence-corrected chi connectivity index (χ2v) is 4.92. The van der Waals surface area contributed by atoms with E-state index in [4.69, 9.17) is 4.74 Å². The van der Waals surface area contributed by atoms with Gasteiger partial charge in [-0.25, -0.2) is 0 Å². The van der Waals surface area contributed by atoms with E-state index >= 15 is 0 Å². The summed E-state index contributed by atoms with van der Waals surface area (Å²) in [6.07, 6.45) is -0.910. The first-order valence-corrected chi connectivity index (χ1v) is 6.55. The highest BCUT2D eigenvalue weighted by Crippen LogP contribution is 2.23. The summed E-state index contributed by atoms with van der Waals surface area (Å²) in [4.78, 5) is 0. The van der Waals surface area contributed by atoms with Crippen LogP contribution < -0.4 is 4.74 Å². The molecule has 2 aromatic rings. The van der Waals surface area contributed by atoms with E-state index < -0.39 is 6.10 Å². The summed E-state index contributed by atoms with van der Waals surface area (Å²) in [7, 11) is 0. The third-order valence-electron chi connectivity index (χ3n) is 3.39. The van der Waals surface area contributed by atoms with Crippen LogP contribution in [0.3, 0.4) is 0 Å². The van der Waals surface area contributed by atoms with E-state index in [1.54, 1.807) is 0 Å². The molecular weight excluding hydrogens is 236 g/mol. The maximum absolute atomic E-state index is 10.2. The van der Waals surface area contributed by atoms with Crippen LogP contribution in [0.25, 0.3) is 0 Å². The second-order valence-electron chi connectivity index (χ2n) is 4.92. The van der Waals surface area contributed by atoms with Gasteiger partial charge in [0.15, 0.2) is 0 Å². The van der Waals surface area contributed by atoms with Crippen LogP contribution >= 0.6 is 0 Å². The Labute approximate surface area is 114 Å². The molecule has 0 bridgehead atoms. The van der Waals surface area contributed by atoms with E-state index in [1.807, 2.05) is 55.5 Å². The van der Waals surface area contributed by atoms with Gasteiger partial charge in [0.25, 0.3) is 0 Å². The van der Waals surface area contributed by atoms with Crippen LogP contribution in [-0.2, 0) is 0 Å². The number of ether oxygens (including phenoxy) is 1. The van der Waals surface area contributed by atoms with Crippen LogP contribution in [0.4, 0.5) is 0 Å². The first-order chi connectivity index (χ1) is 9.08. The molecule has 2 nitrogen and oxygen atoms in total. The third kappa shape index (κ3) is 3.36. The van der Waals surface area contributed by atoms with Crippen molar-refractivity contribution in [2.75, 3.05) is 0 Å². The molecule has 0 fully saturated rings. The fourth-order valence-corrected chi connectivity index (χ4v) is 1.99. The van der Waals surface area contributed by atoms with Crippen LogP contribution in [-0.4, -0.2) is 11.2 Å². The van der Waals surface area contributed by atoms with E-state index in [0.29, 0.717) is 0 Å². The van der Waals surface area contributed by atoms with Gasteiger partial charge in [-0.3, -0.25) is 0 Å². The molecule has 2 aromatic carbocycles. The maximum atomic E-state index is 10.2. The standard InChI is InChI=1S/C17H20O2/c1-12-9-10-16(11-13(12)2)19-14(3)17(18)15-7-5-4-6-8-15/h4-11,14,17-18H,1-3H3. The van der Waals surface area contributed by atoms with Crippen LogP contribution in [0.15, 0.2) is 48.5 Å². The van der Waals surface area contributed by atoms with Crippen LogP contribution in [0.1, 0.15) is 29.7 Å². The number of aliphatic hydroxyl groups excluding tert-OH is 1. The maximum Gasteiger partial charge on any atom is 0.126 e. The molecule has 100 valence electrons. The van der Waals surface area contributed by atoms with Gasteiger partial charge in [0.1, 0.15) is 18.0 Å². The second kappa shape index (κ2) is 5.89. The quantitative estimate of drug-likeness (QED) is 0.901. The van der Waals surface area contributed by atoms with Crippen LogP contribution in [0.5, 0.6) is 5.75 Å². The van der Waals surface area contributed by atoms with Crippen molar-refractivity contribution in [2.45, 2.75) is 33.0 Å². The van der Waals surface area contributed by atoms with Gasteiger partial charge in [-0.2, -0.15) is 0 Å². The summed E-state index contributed by atoms with van der Waals surface area (Å²) in [5, 5.41) is 10.2. The minimum Gasteiger partial charge on any atom is -0.488 e. The van der Waals surface area contributed by atoms with Crippen molar-refractivity contribution in [1.29, 1.82) is 0 Å². The minimum absolute atomic E-state index is 0.287. The van der Waals surface area contributed by atoms with Crippen molar-refractivity contribution < 1.29 is 9.84 Å². The van der Waals surface area contributed by atoms with Gasteiger partial charge < -0.3 is 9.84 Å². The van der Waals surface area contributed by atoms with Gasteiger partial charge in [0, 0.05) is 0 Å². The highest BCUT2D eigenvalue weighted by Gasteiger charge is 2.17. The first-order valence-electron chi connectivity index (χ1n) is 6.55. The monoisotopic (exact) mass is 256 g/mol. The summed E-state index contributed by atoms with van der Waals surface area (Å²) in [5.41, 5.74) is 3.31. The van der Waals surface area contributed by atoms with E-state index in [-0.39, 0.29) is 6.10 Å². The Bertz CT molecular complexity index is 534. The molecule has 0 aliphatic heterocycles. The molecule has 19 heavy (non-hydrogen) atoms. The van der Waals surface area contributed by atoms with Gasteiger partial charge >= 0.3 is 0 Å². The normalized spacial score (nSPS) is 13.9. The zero-order chi connectivity index (χ0) is 13.8. The van der Waals surface area contributed by atoms with Gasteiger partial charge in [-0.1, -0.05) is 36.4 Å². The Morgan fingerprint density at radius 1 is 0.947 bits per heavy atom. The Hall–Kier alpha value is -1.80. The number of hydrogen-bond acceptors (Lipinski definition) is 2. The highest BCUT2D eigenvalue weighted by molar-refractivity contribution is 5.34. The van der Waals surface area contributed by atoms with E-state index in [2.05, 4.69) is 13.8 Å². The largest absolute Gasteiger partial charge is 0.488 e. The van der Waals surface area contributed by atoms with Crippen LogP contribution in [0.2, 0.25) is 0 Å². The molecule has 0 heterocycles. The van der Waals surface area contributed by atoms with Gasteiger partial charge in [-0.15, -0.1) is 0 Å². The summed E-state index contributed by atoms with van der Waals surface area (Å²) < 4.78 is 5.82. The summed E-state index contributed by atoms with van der Waals surface area (Å²) in [6, 6.07) is 15.6.